The zero-order chi connectivity index (χ0) is 18.7. The Morgan fingerprint density at radius 3 is 2.50 bits per heavy atom. The molecule has 26 heavy (non-hydrogen) atoms. The van der Waals surface area contributed by atoms with Crippen molar-refractivity contribution in [3.63, 3.8) is 0 Å². The summed E-state index contributed by atoms with van der Waals surface area (Å²) in [5, 5.41) is 13.6. The molecule has 1 aromatic rings. The van der Waals surface area contributed by atoms with Gasteiger partial charge in [-0.1, -0.05) is 17.7 Å². The smallest absolute Gasteiger partial charge is 0.267 e. The molecule has 2 fully saturated rings. The van der Waals surface area contributed by atoms with E-state index in [0.717, 1.165) is 18.7 Å². The second kappa shape index (κ2) is 7.94. The molecule has 6 nitrogen and oxygen atoms in total. The third-order valence-electron chi connectivity index (χ3n) is 5.11. The number of hydrogen-bond donors (Lipinski definition) is 2. The van der Waals surface area contributed by atoms with Crippen molar-refractivity contribution in [2.75, 3.05) is 26.2 Å². The zero-order valence-corrected chi connectivity index (χ0v) is 15.9. The number of piperidine rings is 1. The third kappa shape index (κ3) is 4.19. The highest BCUT2D eigenvalue weighted by Crippen LogP contribution is 2.31. The summed E-state index contributed by atoms with van der Waals surface area (Å²) in [6, 6.07) is 7.80. The predicted molar refractivity (Wildman–Crippen MR) is 99.2 cm³/mol. The maximum Gasteiger partial charge on any atom is 0.267 e. The van der Waals surface area contributed by atoms with Crippen molar-refractivity contribution in [2.24, 2.45) is 0 Å². The van der Waals surface area contributed by atoms with Gasteiger partial charge in [-0.05, 0) is 46.0 Å². The van der Waals surface area contributed by atoms with E-state index in [9.17, 15) is 9.90 Å². The van der Waals surface area contributed by atoms with Crippen molar-refractivity contribution < 1.29 is 19.4 Å². The molecule has 0 unspecified atom stereocenters. The van der Waals surface area contributed by atoms with Gasteiger partial charge in [0.15, 0.2) is 5.60 Å². The van der Waals surface area contributed by atoms with E-state index < -0.39 is 11.7 Å². The Bertz CT molecular complexity index is 611. The number of aliphatic hydroxyl groups is 1. The maximum absolute atomic E-state index is 13.4. The molecule has 0 aliphatic carbocycles. The van der Waals surface area contributed by atoms with Crippen molar-refractivity contribution in [3.8, 4) is 5.75 Å². The third-order valence-corrected chi connectivity index (χ3v) is 5.11. The molecular formula is C20H30N2O4. The van der Waals surface area contributed by atoms with Crippen LogP contribution >= 0.6 is 0 Å². The largest absolute Gasteiger partial charge is 0.477 e. The predicted octanol–water partition coefficient (Wildman–Crippen LogP) is 1.49. The van der Waals surface area contributed by atoms with E-state index in [-0.39, 0.29) is 18.1 Å². The molecule has 2 N–H and O–H groups in total. The molecule has 0 bridgehead atoms. The summed E-state index contributed by atoms with van der Waals surface area (Å²) >= 11 is 0. The molecule has 0 spiro atoms. The number of aryl methyl sites for hydroxylation is 1. The maximum atomic E-state index is 13.4. The monoisotopic (exact) mass is 362 g/mol. The number of benzene rings is 1. The SMILES string of the molecule is Cc1ccc(OC2(C(=O)N3C[C@H](OC(C)C)[C@@H](O)C3)CCNCC2)cc1. The second-order valence-electron chi connectivity index (χ2n) is 7.66. The van der Waals surface area contributed by atoms with Crippen LogP contribution in [-0.4, -0.2) is 66.0 Å². The molecule has 0 aromatic heterocycles. The van der Waals surface area contributed by atoms with E-state index >= 15 is 0 Å². The van der Waals surface area contributed by atoms with Crippen LogP contribution in [0.25, 0.3) is 0 Å². The lowest BCUT2D eigenvalue weighted by molar-refractivity contribution is -0.150. The number of nitrogens with one attached hydrogen (secondary N) is 1. The van der Waals surface area contributed by atoms with E-state index in [4.69, 9.17) is 9.47 Å². The van der Waals surface area contributed by atoms with Gasteiger partial charge in [0.05, 0.1) is 12.2 Å². The quantitative estimate of drug-likeness (QED) is 0.831. The number of carbonyl (C=O) groups excluding carboxylic acids is 1. The fourth-order valence-electron chi connectivity index (χ4n) is 3.72. The standard InChI is InChI=1S/C20H30N2O4/c1-14(2)25-18-13-22(12-17(18)23)19(24)20(8-10-21-11-9-20)26-16-6-4-15(3)5-7-16/h4-7,14,17-18,21,23H,8-13H2,1-3H3/t17-,18-/m0/s1. The van der Waals surface area contributed by atoms with E-state index in [1.165, 1.54) is 0 Å². The molecule has 144 valence electrons. The summed E-state index contributed by atoms with van der Waals surface area (Å²) in [4.78, 5) is 15.1. The lowest BCUT2D eigenvalue weighted by Gasteiger charge is -2.39. The number of rotatable bonds is 5. The number of carbonyl (C=O) groups is 1. The van der Waals surface area contributed by atoms with Crippen LogP contribution in [0.3, 0.4) is 0 Å². The van der Waals surface area contributed by atoms with E-state index in [1.54, 1.807) is 4.90 Å². The highest BCUT2D eigenvalue weighted by molar-refractivity contribution is 5.86. The molecule has 0 radical (unpaired) electrons. The molecule has 2 atom stereocenters. The van der Waals surface area contributed by atoms with Crippen LogP contribution in [0.5, 0.6) is 5.75 Å². The minimum absolute atomic E-state index is 0.0151. The summed E-state index contributed by atoms with van der Waals surface area (Å²) in [6.45, 7) is 8.07. The van der Waals surface area contributed by atoms with Crippen LogP contribution in [0.2, 0.25) is 0 Å². The Hall–Kier alpha value is -1.63. The number of nitrogens with zero attached hydrogens (tertiary/aromatic N) is 1. The van der Waals surface area contributed by atoms with Crippen LogP contribution in [0.1, 0.15) is 32.3 Å². The van der Waals surface area contributed by atoms with Crippen molar-refractivity contribution in [1.29, 1.82) is 0 Å². The van der Waals surface area contributed by atoms with Gasteiger partial charge < -0.3 is 24.8 Å². The molecule has 1 amide bonds. The fourth-order valence-corrected chi connectivity index (χ4v) is 3.72. The fraction of sp³-hybridized carbons (Fsp3) is 0.650. The van der Waals surface area contributed by atoms with Crippen molar-refractivity contribution in [2.45, 2.75) is 57.5 Å². The Labute approximate surface area is 155 Å². The molecule has 2 saturated heterocycles. The molecule has 2 aliphatic rings. The van der Waals surface area contributed by atoms with Crippen LogP contribution in [0, 0.1) is 6.92 Å². The van der Waals surface area contributed by atoms with Gasteiger partial charge in [-0.3, -0.25) is 4.79 Å². The first-order chi connectivity index (χ1) is 12.4. The summed E-state index contributed by atoms with van der Waals surface area (Å²) < 4.78 is 12.0. The van der Waals surface area contributed by atoms with Crippen molar-refractivity contribution in [1.82, 2.24) is 10.2 Å². The first-order valence-corrected chi connectivity index (χ1v) is 9.49. The van der Waals surface area contributed by atoms with Crippen molar-refractivity contribution >= 4 is 5.91 Å². The Morgan fingerprint density at radius 1 is 1.23 bits per heavy atom. The van der Waals surface area contributed by atoms with Gasteiger partial charge in [-0.2, -0.15) is 0 Å². The van der Waals surface area contributed by atoms with Gasteiger partial charge >= 0.3 is 0 Å². The first kappa shape index (κ1) is 19.1. The summed E-state index contributed by atoms with van der Waals surface area (Å²) in [5.74, 6) is 0.661. The lowest BCUT2D eigenvalue weighted by Crippen LogP contribution is -2.57. The highest BCUT2D eigenvalue weighted by Gasteiger charge is 2.48. The zero-order valence-electron chi connectivity index (χ0n) is 15.9. The Morgan fingerprint density at radius 2 is 1.88 bits per heavy atom. The van der Waals surface area contributed by atoms with Gasteiger partial charge in [0.25, 0.3) is 5.91 Å². The number of β-amino-alcohol motifs (C(OH)–C–C–N with tert-alkyl or cyclic N) is 1. The second-order valence-corrected chi connectivity index (χ2v) is 7.66. The van der Waals surface area contributed by atoms with E-state index in [1.807, 2.05) is 45.0 Å². The van der Waals surface area contributed by atoms with Gasteiger partial charge in [-0.25, -0.2) is 0 Å². The summed E-state index contributed by atoms with van der Waals surface area (Å²) in [6.07, 6.45) is 0.252. The number of aliphatic hydroxyl groups excluding tert-OH is 1. The van der Waals surface area contributed by atoms with Crippen LogP contribution < -0.4 is 10.1 Å². The normalized spacial score (nSPS) is 25.5. The summed E-state index contributed by atoms with van der Waals surface area (Å²) in [7, 11) is 0. The van der Waals surface area contributed by atoms with E-state index in [0.29, 0.717) is 31.7 Å². The molecule has 0 saturated carbocycles. The summed E-state index contributed by atoms with van der Waals surface area (Å²) in [5.41, 5.74) is 0.270. The van der Waals surface area contributed by atoms with E-state index in [2.05, 4.69) is 5.32 Å². The highest BCUT2D eigenvalue weighted by atomic mass is 16.5. The number of ether oxygens (including phenoxy) is 2. The van der Waals surface area contributed by atoms with Crippen LogP contribution in [-0.2, 0) is 9.53 Å². The number of likely N-dealkylation sites (tertiary alicyclic amines) is 1. The molecule has 2 aliphatic heterocycles. The molecule has 6 heteroatoms. The van der Waals surface area contributed by atoms with Gasteiger partial charge in [0.1, 0.15) is 11.9 Å². The minimum atomic E-state index is -0.882. The van der Waals surface area contributed by atoms with Crippen molar-refractivity contribution in [3.05, 3.63) is 29.8 Å². The van der Waals surface area contributed by atoms with Gasteiger partial charge in [-0.15, -0.1) is 0 Å². The molecule has 2 heterocycles. The van der Waals surface area contributed by atoms with Gasteiger partial charge in [0, 0.05) is 25.9 Å². The van der Waals surface area contributed by atoms with Crippen LogP contribution in [0.4, 0.5) is 0 Å². The Kier molecular flexibility index (Phi) is 5.85. The molecular weight excluding hydrogens is 332 g/mol. The number of hydrogen-bond acceptors (Lipinski definition) is 5. The minimum Gasteiger partial charge on any atom is -0.477 e. The average molecular weight is 362 g/mol. The first-order valence-electron chi connectivity index (χ1n) is 9.49. The van der Waals surface area contributed by atoms with Crippen LogP contribution in [0.15, 0.2) is 24.3 Å². The topological polar surface area (TPSA) is 71.0 Å². The average Bonchev–Trinajstić information content (AvgIpc) is 2.97. The van der Waals surface area contributed by atoms with Gasteiger partial charge in [0.2, 0.25) is 0 Å². The molecule has 3 rings (SSSR count). The lowest BCUT2D eigenvalue weighted by atomic mass is 9.90. The molecule has 1 aromatic carbocycles. The number of amides is 1. The Balaban J connectivity index is 1.76.